The maximum atomic E-state index is 14.0. The van der Waals surface area contributed by atoms with Gasteiger partial charge in [-0.3, -0.25) is 9.36 Å². The minimum atomic E-state index is 0.00242. The number of nitrogens with zero attached hydrogens (tertiary/aromatic N) is 2. The Balaban J connectivity index is 1.55. The van der Waals surface area contributed by atoms with E-state index in [1.165, 1.54) is 21.6 Å². The van der Waals surface area contributed by atoms with Crippen molar-refractivity contribution in [1.29, 1.82) is 0 Å². The van der Waals surface area contributed by atoms with E-state index in [1.807, 2.05) is 42.5 Å². The molecular weight excluding hydrogens is 460 g/mol. The largest absolute Gasteiger partial charge is 0.497 e. The molecule has 0 saturated carbocycles. The molecule has 6 rings (SSSR count). The summed E-state index contributed by atoms with van der Waals surface area (Å²) in [4.78, 5) is 21.1. The third-order valence-electron chi connectivity index (χ3n) is 6.24. The van der Waals surface area contributed by atoms with Gasteiger partial charge in [-0.1, -0.05) is 66.4 Å². The van der Waals surface area contributed by atoms with Gasteiger partial charge in [0, 0.05) is 10.6 Å². The van der Waals surface area contributed by atoms with Crippen molar-refractivity contribution in [2.75, 3.05) is 7.11 Å². The van der Waals surface area contributed by atoms with Crippen LogP contribution in [0.1, 0.15) is 16.7 Å². The van der Waals surface area contributed by atoms with Gasteiger partial charge in [0.05, 0.1) is 18.2 Å². The molecule has 2 heterocycles. The summed E-state index contributed by atoms with van der Waals surface area (Å²) < 4.78 is 7.10. The fraction of sp³-hybridized carbons (Fsp3) is 0.143. The fourth-order valence-electron chi connectivity index (χ4n) is 4.54. The minimum absolute atomic E-state index is 0.00242. The highest BCUT2D eigenvalue weighted by molar-refractivity contribution is 7.98. The Hall–Kier alpha value is -3.35. The second-order valence-corrected chi connectivity index (χ2v) is 10.2. The van der Waals surface area contributed by atoms with E-state index >= 15 is 0 Å². The lowest BCUT2D eigenvalue weighted by atomic mass is 9.90. The average Bonchev–Trinajstić information content (AvgIpc) is 3.27. The molecule has 0 N–H and O–H groups in total. The molecule has 3 aromatic carbocycles. The van der Waals surface area contributed by atoms with Crippen LogP contribution in [0.25, 0.3) is 26.3 Å². The molecule has 0 unspecified atom stereocenters. The number of hydrogen-bond acceptors (Lipinski definition) is 5. The first-order chi connectivity index (χ1) is 16.7. The zero-order valence-corrected chi connectivity index (χ0v) is 20.3. The van der Waals surface area contributed by atoms with Crippen molar-refractivity contribution < 1.29 is 4.74 Å². The maximum absolute atomic E-state index is 14.0. The normalized spacial score (nSPS) is 12.4. The molecule has 0 amide bonds. The average molecular weight is 483 g/mol. The van der Waals surface area contributed by atoms with Gasteiger partial charge >= 0.3 is 0 Å². The van der Waals surface area contributed by atoms with Gasteiger partial charge in [0.15, 0.2) is 5.16 Å². The van der Waals surface area contributed by atoms with Crippen LogP contribution in [0, 0.1) is 0 Å². The number of hydrogen-bond donors (Lipinski definition) is 0. The van der Waals surface area contributed by atoms with Crippen molar-refractivity contribution >= 4 is 33.3 Å². The van der Waals surface area contributed by atoms with Gasteiger partial charge in [-0.25, -0.2) is 4.98 Å². The Morgan fingerprint density at radius 2 is 1.74 bits per heavy atom. The molecule has 0 bridgehead atoms. The smallest absolute Gasteiger partial charge is 0.267 e. The lowest BCUT2D eigenvalue weighted by Gasteiger charge is -2.16. The van der Waals surface area contributed by atoms with E-state index in [0.717, 1.165) is 45.8 Å². The van der Waals surface area contributed by atoms with Gasteiger partial charge in [0.25, 0.3) is 5.56 Å². The molecule has 34 heavy (non-hydrogen) atoms. The van der Waals surface area contributed by atoms with Crippen LogP contribution in [0.4, 0.5) is 0 Å². The van der Waals surface area contributed by atoms with Crippen LogP contribution in [0.5, 0.6) is 5.75 Å². The highest BCUT2D eigenvalue weighted by Crippen LogP contribution is 2.42. The molecule has 0 saturated heterocycles. The summed E-state index contributed by atoms with van der Waals surface area (Å²) in [5.74, 6) is 1.50. The van der Waals surface area contributed by atoms with Crippen molar-refractivity contribution in [2.45, 2.75) is 23.8 Å². The predicted molar refractivity (Wildman–Crippen MR) is 141 cm³/mol. The summed E-state index contributed by atoms with van der Waals surface area (Å²) >= 11 is 3.24. The molecule has 168 valence electrons. The molecule has 2 aromatic heterocycles. The van der Waals surface area contributed by atoms with Crippen LogP contribution >= 0.6 is 23.1 Å². The van der Waals surface area contributed by atoms with Gasteiger partial charge < -0.3 is 4.74 Å². The molecule has 0 atom stereocenters. The minimum Gasteiger partial charge on any atom is -0.497 e. The van der Waals surface area contributed by atoms with Gasteiger partial charge in [0.1, 0.15) is 10.6 Å². The Bertz CT molecular complexity index is 1550. The molecule has 1 aliphatic carbocycles. The summed E-state index contributed by atoms with van der Waals surface area (Å²) in [5, 5.41) is 1.47. The van der Waals surface area contributed by atoms with Crippen molar-refractivity contribution in [3.8, 4) is 21.9 Å². The first-order valence-corrected chi connectivity index (χ1v) is 13.0. The Morgan fingerprint density at radius 1 is 0.971 bits per heavy atom. The van der Waals surface area contributed by atoms with Crippen molar-refractivity contribution in [2.24, 2.45) is 0 Å². The number of benzene rings is 3. The van der Waals surface area contributed by atoms with E-state index in [4.69, 9.17) is 9.72 Å². The summed E-state index contributed by atoms with van der Waals surface area (Å²) in [6.45, 7) is 0. The SMILES string of the molecule is COc1ccc(-n2c(SCc3ccccc3)nc3sc4c(c3c2=O)CCc2ccccc2-4)cc1. The number of rotatable bonds is 5. The third-order valence-corrected chi connectivity index (χ3v) is 8.41. The van der Waals surface area contributed by atoms with Crippen LogP contribution in [-0.4, -0.2) is 16.7 Å². The van der Waals surface area contributed by atoms with E-state index in [9.17, 15) is 4.79 Å². The molecule has 1 aliphatic rings. The predicted octanol–water partition coefficient (Wildman–Crippen LogP) is 6.51. The van der Waals surface area contributed by atoms with E-state index in [-0.39, 0.29) is 5.56 Å². The monoisotopic (exact) mass is 482 g/mol. The van der Waals surface area contributed by atoms with Gasteiger partial charge in [-0.05, 0) is 59.4 Å². The summed E-state index contributed by atoms with van der Waals surface area (Å²) in [6, 6.07) is 26.4. The van der Waals surface area contributed by atoms with Crippen LogP contribution in [-0.2, 0) is 18.6 Å². The van der Waals surface area contributed by atoms with Gasteiger partial charge in [-0.2, -0.15) is 0 Å². The molecule has 6 heteroatoms. The second-order valence-electron chi connectivity index (χ2n) is 8.25. The Kier molecular flexibility index (Phi) is 5.47. The topological polar surface area (TPSA) is 44.1 Å². The zero-order chi connectivity index (χ0) is 23.1. The first-order valence-electron chi connectivity index (χ1n) is 11.2. The Labute approximate surface area is 205 Å². The number of aromatic nitrogens is 2. The summed E-state index contributed by atoms with van der Waals surface area (Å²) in [7, 11) is 1.64. The van der Waals surface area contributed by atoms with Crippen molar-refractivity contribution in [1.82, 2.24) is 9.55 Å². The van der Waals surface area contributed by atoms with Gasteiger partial charge in [-0.15, -0.1) is 11.3 Å². The molecule has 0 radical (unpaired) electrons. The zero-order valence-electron chi connectivity index (χ0n) is 18.7. The molecule has 0 spiro atoms. The highest BCUT2D eigenvalue weighted by atomic mass is 32.2. The van der Waals surface area contributed by atoms with Crippen LogP contribution in [0.2, 0.25) is 0 Å². The third kappa shape index (κ3) is 3.63. The maximum Gasteiger partial charge on any atom is 0.267 e. The summed E-state index contributed by atoms with van der Waals surface area (Å²) in [5.41, 5.74) is 5.71. The van der Waals surface area contributed by atoms with Crippen LogP contribution in [0.3, 0.4) is 0 Å². The molecular formula is C28H22N2O2S2. The molecule has 5 aromatic rings. The molecule has 4 nitrogen and oxygen atoms in total. The number of aryl methyl sites for hydroxylation is 2. The molecule has 0 fully saturated rings. The lowest BCUT2D eigenvalue weighted by molar-refractivity contribution is 0.414. The number of thioether (sulfide) groups is 1. The van der Waals surface area contributed by atoms with Gasteiger partial charge in [0.2, 0.25) is 0 Å². The number of thiophene rings is 1. The van der Waals surface area contributed by atoms with E-state index in [1.54, 1.807) is 34.8 Å². The van der Waals surface area contributed by atoms with Crippen molar-refractivity contribution in [3.05, 3.63) is 106 Å². The first kappa shape index (κ1) is 21.2. The van der Waals surface area contributed by atoms with Crippen LogP contribution < -0.4 is 10.3 Å². The molecule has 0 aliphatic heterocycles. The summed E-state index contributed by atoms with van der Waals surface area (Å²) in [6.07, 6.45) is 1.81. The fourth-order valence-corrected chi connectivity index (χ4v) is 6.83. The van der Waals surface area contributed by atoms with E-state index in [2.05, 4.69) is 36.4 Å². The Morgan fingerprint density at radius 3 is 2.53 bits per heavy atom. The van der Waals surface area contributed by atoms with E-state index < -0.39 is 0 Å². The van der Waals surface area contributed by atoms with Crippen LogP contribution in [0.15, 0.2) is 88.8 Å². The number of methoxy groups -OCH3 is 1. The quantitative estimate of drug-likeness (QED) is 0.211. The standard InChI is InChI=1S/C28H22N2O2S2/c1-32-21-14-12-20(13-15-21)30-27(31)24-23-16-11-19-9-5-6-10-22(19)25(23)34-26(24)29-28(30)33-17-18-7-3-2-4-8-18/h2-10,12-15H,11,16-17H2,1H3. The van der Waals surface area contributed by atoms with E-state index in [0.29, 0.717) is 5.16 Å². The number of fused-ring (bicyclic) bond motifs is 5. The van der Waals surface area contributed by atoms with Crippen molar-refractivity contribution in [3.63, 3.8) is 0 Å². The second kappa shape index (κ2) is 8.78. The lowest BCUT2D eigenvalue weighted by Crippen LogP contribution is -2.22. The number of ether oxygens (including phenoxy) is 1. The highest BCUT2D eigenvalue weighted by Gasteiger charge is 2.25.